The number of hydrogen-bond donors (Lipinski definition) is 0. The largest absolute Gasteiger partial charge is 0.416 e. The maximum absolute atomic E-state index is 12.4. The number of nitrogens with zero attached hydrogens (tertiary/aromatic N) is 2. The first-order chi connectivity index (χ1) is 9.50. The minimum absolute atomic E-state index is 0.268. The SMILES string of the molecule is CCOC1N=CC=CN1Oc1ccc(C(F)(F)F)cc1. The Kier molecular flexibility index (Phi) is 4.29. The highest BCUT2D eigenvalue weighted by Gasteiger charge is 2.30. The van der Waals surface area contributed by atoms with E-state index in [9.17, 15) is 13.2 Å². The first-order valence-corrected chi connectivity index (χ1v) is 5.96. The number of allylic oxidation sites excluding steroid dienone is 1. The van der Waals surface area contributed by atoms with Crippen LogP contribution in [0.2, 0.25) is 0 Å². The van der Waals surface area contributed by atoms with Crippen molar-refractivity contribution in [2.75, 3.05) is 6.61 Å². The van der Waals surface area contributed by atoms with Crippen LogP contribution in [0.5, 0.6) is 5.75 Å². The molecule has 0 amide bonds. The predicted molar refractivity (Wildman–Crippen MR) is 67.0 cm³/mol. The van der Waals surface area contributed by atoms with Crippen molar-refractivity contribution in [3.63, 3.8) is 0 Å². The summed E-state index contributed by atoms with van der Waals surface area (Å²) in [6, 6.07) is 4.42. The van der Waals surface area contributed by atoms with Crippen LogP contribution >= 0.6 is 0 Å². The molecule has 7 heteroatoms. The Bertz CT molecular complexity index is 497. The topological polar surface area (TPSA) is 34.1 Å². The van der Waals surface area contributed by atoms with E-state index < -0.39 is 18.1 Å². The van der Waals surface area contributed by atoms with Crippen LogP contribution in [0, 0.1) is 0 Å². The van der Waals surface area contributed by atoms with E-state index in [2.05, 4.69) is 4.99 Å². The lowest BCUT2D eigenvalue weighted by Crippen LogP contribution is -2.36. The van der Waals surface area contributed by atoms with Crippen molar-refractivity contribution in [2.24, 2.45) is 4.99 Å². The summed E-state index contributed by atoms with van der Waals surface area (Å²) < 4.78 is 42.6. The number of rotatable bonds is 4. The number of benzene rings is 1. The van der Waals surface area contributed by atoms with Crippen molar-refractivity contribution in [2.45, 2.75) is 19.5 Å². The van der Waals surface area contributed by atoms with Crippen LogP contribution in [0.4, 0.5) is 13.2 Å². The molecule has 1 aliphatic rings. The number of aliphatic imine (C=N–C) groups is 1. The molecule has 0 saturated heterocycles. The summed E-state index contributed by atoms with van der Waals surface area (Å²) in [5, 5.41) is 1.33. The second-order valence-electron chi connectivity index (χ2n) is 3.89. The maximum Gasteiger partial charge on any atom is 0.416 e. The Morgan fingerprint density at radius 2 is 1.95 bits per heavy atom. The third-order valence-electron chi connectivity index (χ3n) is 2.46. The van der Waals surface area contributed by atoms with Gasteiger partial charge >= 0.3 is 6.18 Å². The van der Waals surface area contributed by atoms with Gasteiger partial charge < -0.3 is 9.57 Å². The molecule has 4 nitrogen and oxygen atoms in total. The number of halogens is 3. The average molecular weight is 286 g/mol. The summed E-state index contributed by atoms with van der Waals surface area (Å²) in [5.41, 5.74) is -0.724. The molecule has 0 bridgehead atoms. The number of ether oxygens (including phenoxy) is 1. The van der Waals surface area contributed by atoms with Gasteiger partial charge in [-0.05, 0) is 37.3 Å². The fraction of sp³-hybridized carbons (Fsp3) is 0.308. The number of alkyl halides is 3. The number of hydroxylamine groups is 2. The van der Waals surface area contributed by atoms with Gasteiger partial charge in [0.25, 0.3) is 6.35 Å². The van der Waals surface area contributed by atoms with Gasteiger partial charge in [-0.2, -0.15) is 18.2 Å². The molecule has 1 aromatic rings. The van der Waals surface area contributed by atoms with E-state index in [1.165, 1.54) is 17.2 Å². The van der Waals surface area contributed by atoms with E-state index in [1.54, 1.807) is 18.5 Å². The minimum atomic E-state index is -4.36. The van der Waals surface area contributed by atoms with Crippen molar-refractivity contribution in [3.05, 3.63) is 42.1 Å². The molecule has 0 saturated carbocycles. The Hall–Kier alpha value is -2.02. The van der Waals surface area contributed by atoms with E-state index >= 15 is 0 Å². The second kappa shape index (κ2) is 5.96. The molecular weight excluding hydrogens is 273 g/mol. The van der Waals surface area contributed by atoms with Gasteiger partial charge in [0.15, 0.2) is 5.75 Å². The normalized spacial score (nSPS) is 18.4. The molecule has 1 heterocycles. The Morgan fingerprint density at radius 1 is 1.25 bits per heavy atom. The first kappa shape index (κ1) is 14.4. The molecule has 20 heavy (non-hydrogen) atoms. The maximum atomic E-state index is 12.4. The summed E-state index contributed by atoms with van der Waals surface area (Å²) in [5.74, 6) is 0.268. The monoisotopic (exact) mass is 286 g/mol. The van der Waals surface area contributed by atoms with Crippen molar-refractivity contribution < 1.29 is 22.7 Å². The van der Waals surface area contributed by atoms with Gasteiger partial charge in [0.05, 0.1) is 5.56 Å². The van der Waals surface area contributed by atoms with Crippen LogP contribution in [0.3, 0.4) is 0 Å². The molecule has 2 rings (SSSR count). The highest BCUT2D eigenvalue weighted by atomic mass is 19.4. The average Bonchev–Trinajstić information content (AvgIpc) is 2.41. The smallest absolute Gasteiger partial charge is 0.376 e. The van der Waals surface area contributed by atoms with Crippen molar-refractivity contribution in [1.29, 1.82) is 0 Å². The zero-order valence-corrected chi connectivity index (χ0v) is 10.7. The lowest BCUT2D eigenvalue weighted by molar-refractivity contribution is -0.156. The molecule has 0 spiro atoms. The zero-order valence-electron chi connectivity index (χ0n) is 10.7. The van der Waals surface area contributed by atoms with Crippen molar-refractivity contribution >= 4 is 6.21 Å². The molecule has 108 valence electrons. The van der Waals surface area contributed by atoms with E-state index in [0.717, 1.165) is 12.1 Å². The molecule has 1 atom stereocenters. The molecule has 1 aliphatic heterocycles. The van der Waals surface area contributed by atoms with Crippen molar-refractivity contribution in [1.82, 2.24) is 5.06 Å². The summed E-state index contributed by atoms with van der Waals surface area (Å²) in [6.07, 6.45) is -0.216. The van der Waals surface area contributed by atoms with Crippen LogP contribution in [0.25, 0.3) is 0 Å². The predicted octanol–water partition coefficient (Wildman–Crippen LogP) is 3.22. The molecule has 0 radical (unpaired) electrons. The zero-order chi connectivity index (χ0) is 14.6. The van der Waals surface area contributed by atoms with Crippen LogP contribution in [-0.2, 0) is 10.9 Å². The van der Waals surface area contributed by atoms with Crippen LogP contribution in [0.1, 0.15) is 12.5 Å². The van der Waals surface area contributed by atoms with E-state index in [0.29, 0.717) is 6.61 Å². The van der Waals surface area contributed by atoms with Gasteiger partial charge in [-0.3, -0.25) is 0 Å². The summed E-state index contributed by atoms with van der Waals surface area (Å²) in [7, 11) is 0. The molecule has 1 aromatic carbocycles. The van der Waals surface area contributed by atoms with Gasteiger partial charge in [0, 0.05) is 19.0 Å². The van der Waals surface area contributed by atoms with E-state index in [1.807, 2.05) is 6.92 Å². The van der Waals surface area contributed by atoms with E-state index in [4.69, 9.17) is 9.57 Å². The van der Waals surface area contributed by atoms with E-state index in [-0.39, 0.29) is 5.75 Å². The summed E-state index contributed by atoms with van der Waals surface area (Å²) >= 11 is 0. The lowest BCUT2D eigenvalue weighted by Gasteiger charge is -2.27. The Balaban J connectivity index is 2.06. The van der Waals surface area contributed by atoms with Crippen molar-refractivity contribution in [3.8, 4) is 5.75 Å². The Labute approximate surface area is 114 Å². The molecule has 0 aromatic heterocycles. The van der Waals surface area contributed by atoms with Crippen LogP contribution < -0.4 is 4.84 Å². The lowest BCUT2D eigenvalue weighted by atomic mass is 10.2. The standard InChI is InChI=1S/C13H13F3N2O2/c1-2-19-12-17-8-3-9-18(12)20-11-6-4-10(5-7-11)13(14,15)16/h3-9,12H,2H2,1H3. The van der Waals surface area contributed by atoms with Crippen LogP contribution in [0.15, 0.2) is 41.5 Å². The molecule has 0 N–H and O–H groups in total. The molecule has 0 fully saturated rings. The highest BCUT2D eigenvalue weighted by molar-refractivity contribution is 5.71. The van der Waals surface area contributed by atoms with Gasteiger partial charge in [-0.25, -0.2) is 4.99 Å². The fourth-order valence-electron chi connectivity index (χ4n) is 1.55. The molecule has 1 unspecified atom stereocenters. The molecular formula is C13H13F3N2O2. The minimum Gasteiger partial charge on any atom is -0.376 e. The Morgan fingerprint density at radius 3 is 2.55 bits per heavy atom. The highest BCUT2D eigenvalue weighted by Crippen LogP contribution is 2.30. The quantitative estimate of drug-likeness (QED) is 0.852. The first-order valence-electron chi connectivity index (χ1n) is 5.96. The van der Waals surface area contributed by atoms with Gasteiger partial charge in [-0.1, -0.05) is 0 Å². The second-order valence-corrected chi connectivity index (χ2v) is 3.89. The summed E-state index contributed by atoms with van der Waals surface area (Å²) in [6.45, 7) is 2.24. The van der Waals surface area contributed by atoms with Gasteiger partial charge in [-0.15, -0.1) is 0 Å². The third-order valence-corrected chi connectivity index (χ3v) is 2.46. The fourth-order valence-corrected chi connectivity index (χ4v) is 1.55. The molecule has 0 aliphatic carbocycles. The van der Waals surface area contributed by atoms with Gasteiger partial charge in [0.2, 0.25) is 0 Å². The third kappa shape index (κ3) is 3.51. The summed E-state index contributed by atoms with van der Waals surface area (Å²) in [4.78, 5) is 9.47. The van der Waals surface area contributed by atoms with Crippen LogP contribution in [-0.4, -0.2) is 24.2 Å². The van der Waals surface area contributed by atoms with Gasteiger partial charge in [0.1, 0.15) is 0 Å². The number of hydrogen-bond acceptors (Lipinski definition) is 4.